The van der Waals surface area contributed by atoms with Crippen LogP contribution in [-0.2, 0) is 9.53 Å². The topological polar surface area (TPSA) is 67.9 Å². The summed E-state index contributed by atoms with van der Waals surface area (Å²) < 4.78 is 11.4. The van der Waals surface area contributed by atoms with E-state index in [0.29, 0.717) is 37.3 Å². The van der Waals surface area contributed by atoms with Gasteiger partial charge in [0.05, 0.1) is 17.6 Å². The van der Waals surface area contributed by atoms with Crippen LogP contribution in [0.1, 0.15) is 18.4 Å². The van der Waals surface area contributed by atoms with Gasteiger partial charge in [0.25, 0.3) is 5.91 Å². The summed E-state index contributed by atoms with van der Waals surface area (Å²) in [5.41, 5.74) is 1.21. The van der Waals surface area contributed by atoms with Crippen molar-refractivity contribution < 1.29 is 19.1 Å². The summed E-state index contributed by atoms with van der Waals surface area (Å²) in [6.45, 7) is 1.22. The van der Waals surface area contributed by atoms with Crippen LogP contribution in [0.5, 0.6) is 5.75 Å². The van der Waals surface area contributed by atoms with Gasteiger partial charge in [-0.25, -0.2) is 4.79 Å². The lowest BCUT2D eigenvalue weighted by Crippen LogP contribution is -2.35. The number of thiocarbonyl (C=S) groups is 1. The van der Waals surface area contributed by atoms with E-state index in [-0.39, 0.29) is 12.0 Å². The van der Waals surface area contributed by atoms with E-state index in [1.54, 1.807) is 53.4 Å². The number of amides is 2. The van der Waals surface area contributed by atoms with Crippen LogP contribution in [0.2, 0.25) is 10.0 Å². The van der Waals surface area contributed by atoms with Crippen LogP contribution in [0.4, 0.5) is 10.5 Å². The Balaban J connectivity index is 1.36. The van der Waals surface area contributed by atoms with E-state index in [1.165, 1.54) is 11.8 Å². The maximum Gasteiger partial charge on any atom is 0.417 e. The zero-order valence-electron chi connectivity index (χ0n) is 16.7. The second kappa shape index (κ2) is 10.2. The number of ether oxygens (including phenoxy) is 2. The molecule has 2 heterocycles. The number of carbonyl (C=O) groups is 2. The Bertz CT molecular complexity index is 1070. The second-order valence-electron chi connectivity index (χ2n) is 7.17. The van der Waals surface area contributed by atoms with Crippen LogP contribution in [0, 0.1) is 0 Å². The Kier molecular flexibility index (Phi) is 7.37. The van der Waals surface area contributed by atoms with Crippen LogP contribution in [0.25, 0.3) is 6.08 Å². The Labute approximate surface area is 204 Å². The van der Waals surface area contributed by atoms with Gasteiger partial charge in [0, 0.05) is 22.3 Å². The molecule has 10 heteroatoms. The minimum absolute atomic E-state index is 0.0439. The molecule has 0 unspecified atom stereocenters. The molecule has 2 saturated heterocycles. The van der Waals surface area contributed by atoms with E-state index in [4.69, 9.17) is 44.9 Å². The van der Waals surface area contributed by atoms with E-state index in [9.17, 15) is 9.59 Å². The minimum Gasteiger partial charge on any atom is -0.410 e. The summed E-state index contributed by atoms with van der Waals surface area (Å²) in [7, 11) is 0. The van der Waals surface area contributed by atoms with Gasteiger partial charge >= 0.3 is 6.09 Å². The molecule has 2 aromatic rings. The van der Waals surface area contributed by atoms with Gasteiger partial charge in [-0.3, -0.25) is 15.0 Å². The molecule has 32 heavy (non-hydrogen) atoms. The van der Waals surface area contributed by atoms with Gasteiger partial charge in [0.2, 0.25) is 0 Å². The molecule has 2 aliphatic heterocycles. The lowest BCUT2D eigenvalue weighted by Gasteiger charge is -2.18. The maximum atomic E-state index is 12.7. The number of carbonyl (C=O) groups excluding carboxylic acids is 2. The Morgan fingerprint density at radius 3 is 2.62 bits per heavy atom. The van der Waals surface area contributed by atoms with Crippen molar-refractivity contribution in [2.24, 2.45) is 0 Å². The highest BCUT2D eigenvalue weighted by atomic mass is 35.5. The average molecular weight is 509 g/mol. The summed E-state index contributed by atoms with van der Waals surface area (Å²) in [5, 5.41) is 3.37. The third-order valence-corrected chi connectivity index (χ3v) is 6.60. The van der Waals surface area contributed by atoms with Gasteiger partial charge in [-0.1, -0.05) is 59.3 Å². The van der Waals surface area contributed by atoms with E-state index in [0.717, 1.165) is 25.0 Å². The Hall–Kier alpha value is -2.10. The largest absolute Gasteiger partial charge is 0.417 e. The summed E-state index contributed by atoms with van der Waals surface area (Å²) in [6, 6.07) is 11.5. The predicted octanol–water partition coefficient (Wildman–Crippen LogP) is 5.98. The quantitative estimate of drug-likeness (QED) is 0.395. The maximum absolute atomic E-state index is 12.7. The SMILES string of the molecule is O=C(Nc1cc(Cl)cc(Cl)c1)Oc1ccc(/C=C2/SC(=S)N(C[C@H]3CCCO3)C2=O)cc1. The third kappa shape index (κ3) is 5.82. The summed E-state index contributed by atoms with van der Waals surface area (Å²) in [4.78, 5) is 27.0. The number of hydrogen-bond donors (Lipinski definition) is 1. The monoisotopic (exact) mass is 508 g/mol. The lowest BCUT2D eigenvalue weighted by atomic mass is 10.2. The van der Waals surface area contributed by atoms with Gasteiger partial charge in [-0.05, 0) is 54.8 Å². The molecule has 0 aromatic heterocycles. The number of nitrogens with one attached hydrogen (secondary N) is 1. The molecule has 0 bridgehead atoms. The molecule has 4 rings (SSSR count). The first kappa shape index (κ1) is 23.1. The van der Waals surface area contributed by atoms with E-state index in [1.807, 2.05) is 0 Å². The predicted molar refractivity (Wildman–Crippen MR) is 131 cm³/mol. The van der Waals surface area contributed by atoms with E-state index in [2.05, 4.69) is 5.32 Å². The fourth-order valence-corrected chi connectivity index (χ4v) is 5.11. The van der Waals surface area contributed by atoms with Crippen molar-refractivity contribution in [1.82, 2.24) is 4.90 Å². The highest BCUT2D eigenvalue weighted by Crippen LogP contribution is 2.33. The first-order chi connectivity index (χ1) is 15.4. The summed E-state index contributed by atoms with van der Waals surface area (Å²) in [5.74, 6) is 0.231. The number of nitrogens with zero attached hydrogens (tertiary/aromatic N) is 1. The molecular weight excluding hydrogens is 491 g/mol. The molecule has 0 saturated carbocycles. The average Bonchev–Trinajstić information content (AvgIpc) is 3.33. The Morgan fingerprint density at radius 1 is 1.25 bits per heavy atom. The van der Waals surface area contributed by atoms with Gasteiger partial charge in [0.1, 0.15) is 10.1 Å². The first-order valence-electron chi connectivity index (χ1n) is 9.79. The van der Waals surface area contributed by atoms with Crippen LogP contribution >= 0.6 is 47.2 Å². The fraction of sp³-hybridized carbons (Fsp3) is 0.227. The number of rotatable bonds is 5. The van der Waals surface area contributed by atoms with Gasteiger partial charge < -0.3 is 9.47 Å². The highest BCUT2D eigenvalue weighted by molar-refractivity contribution is 8.26. The minimum atomic E-state index is -0.675. The van der Waals surface area contributed by atoms with Crippen molar-refractivity contribution in [3.05, 3.63) is 63.0 Å². The number of hydrogen-bond acceptors (Lipinski definition) is 6. The normalized spacial score (nSPS) is 19.6. The molecule has 0 radical (unpaired) electrons. The number of anilines is 1. The molecule has 1 atom stereocenters. The van der Waals surface area contributed by atoms with Crippen molar-refractivity contribution in [2.45, 2.75) is 18.9 Å². The van der Waals surface area contributed by atoms with Crippen LogP contribution in [0.15, 0.2) is 47.4 Å². The van der Waals surface area contributed by atoms with Crippen LogP contribution in [-0.4, -0.2) is 40.5 Å². The molecule has 0 spiro atoms. The summed E-state index contributed by atoms with van der Waals surface area (Å²) >= 11 is 18.5. The number of thioether (sulfide) groups is 1. The molecule has 1 N–H and O–H groups in total. The van der Waals surface area contributed by atoms with Gasteiger partial charge in [-0.2, -0.15) is 0 Å². The second-order valence-corrected chi connectivity index (χ2v) is 9.72. The molecular formula is C22H18Cl2N2O4S2. The molecule has 0 aliphatic carbocycles. The summed E-state index contributed by atoms with van der Waals surface area (Å²) in [6.07, 6.45) is 3.09. The van der Waals surface area contributed by atoms with Crippen LogP contribution < -0.4 is 10.1 Å². The smallest absolute Gasteiger partial charge is 0.410 e. The molecule has 2 fully saturated rings. The number of benzene rings is 2. The molecule has 2 aromatic carbocycles. The van der Waals surface area contributed by atoms with E-state index < -0.39 is 6.09 Å². The van der Waals surface area contributed by atoms with Crippen molar-refractivity contribution in [1.29, 1.82) is 0 Å². The van der Waals surface area contributed by atoms with Crippen molar-refractivity contribution in [3.63, 3.8) is 0 Å². The Morgan fingerprint density at radius 2 is 1.97 bits per heavy atom. The number of halogens is 2. The van der Waals surface area contributed by atoms with Gasteiger partial charge in [-0.15, -0.1) is 0 Å². The lowest BCUT2D eigenvalue weighted by molar-refractivity contribution is -0.123. The van der Waals surface area contributed by atoms with Gasteiger partial charge in [0.15, 0.2) is 0 Å². The standard InChI is InChI=1S/C22H18Cl2N2O4S2/c23-14-9-15(24)11-16(10-14)25-21(28)30-17-5-3-13(4-6-17)8-19-20(27)26(22(31)32-19)12-18-2-1-7-29-18/h3-6,8-11,18H,1-2,7,12H2,(H,25,28)/b19-8+/t18-/m1/s1. The van der Waals surface area contributed by atoms with Crippen LogP contribution in [0.3, 0.4) is 0 Å². The molecule has 6 nitrogen and oxygen atoms in total. The third-order valence-electron chi connectivity index (χ3n) is 4.78. The highest BCUT2D eigenvalue weighted by Gasteiger charge is 2.34. The first-order valence-corrected chi connectivity index (χ1v) is 11.8. The van der Waals surface area contributed by atoms with E-state index >= 15 is 0 Å². The van der Waals surface area contributed by atoms with Crippen molar-refractivity contribution in [2.75, 3.05) is 18.5 Å². The fourth-order valence-electron chi connectivity index (χ4n) is 3.31. The molecule has 2 amide bonds. The molecule has 166 valence electrons. The zero-order chi connectivity index (χ0) is 22.7. The van der Waals surface area contributed by atoms with Crippen molar-refractivity contribution >= 4 is 75.3 Å². The van der Waals surface area contributed by atoms with Crippen molar-refractivity contribution in [3.8, 4) is 5.75 Å². The molecule has 2 aliphatic rings. The zero-order valence-corrected chi connectivity index (χ0v) is 19.8.